The molecule has 8 heteroatoms. The molecule has 33 heavy (non-hydrogen) atoms. The third kappa shape index (κ3) is 6.00. The zero-order valence-electron chi connectivity index (χ0n) is 18.0. The van der Waals surface area contributed by atoms with E-state index in [1.165, 1.54) is 11.8 Å². The van der Waals surface area contributed by atoms with Crippen LogP contribution in [0.25, 0.3) is 0 Å². The van der Waals surface area contributed by atoms with E-state index in [1.807, 2.05) is 54.6 Å². The number of hydrogen-bond donors (Lipinski definition) is 2. The molecule has 2 amide bonds. The topological polar surface area (TPSA) is 76.7 Å². The van der Waals surface area contributed by atoms with Crippen molar-refractivity contribution in [2.24, 2.45) is 0 Å². The Morgan fingerprint density at radius 1 is 1.06 bits per heavy atom. The Bertz CT molecular complexity index is 1160. The predicted octanol–water partition coefficient (Wildman–Crippen LogP) is 5.05. The van der Waals surface area contributed by atoms with Crippen LogP contribution in [0.15, 0.2) is 71.6 Å². The van der Waals surface area contributed by atoms with Crippen LogP contribution in [-0.4, -0.2) is 24.2 Å². The van der Waals surface area contributed by atoms with Crippen LogP contribution >= 0.6 is 23.4 Å². The van der Waals surface area contributed by atoms with Crippen molar-refractivity contribution in [1.82, 2.24) is 5.32 Å². The fourth-order valence-corrected chi connectivity index (χ4v) is 4.64. The summed E-state index contributed by atoms with van der Waals surface area (Å²) >= 11 is 7.35. The molecule has 0 aromatic heterocycles. The molecular formula is C25H23ClN2O4S. The molecule has 0 saturated heterocycles. The lowest BCUT2D eigenvalue weighted by molar-refractivity contribution is -0.124. The predicted molar refractivity (Wildman–Crippen MR) is 130 cm³/mol. The molecule has 3 aromatic carbocycles. The number of ether oxygens (including phenoxy) is 2. The molecule has 1 heterocycles. The Morgan fingerprint density at radius 3 is 2.67 bits per heavy atom. The summed E-state index contributed by atoms with van der Waals surface area (Å²) in [6, 6.07) is 20.7. The molecule has 0 fully saturated rings. The van der Waals surface area contributed by atoms with E-state index < -0.39 is 5.25 Å². The van der Waals surface area contributed by atoms with Crippen LogP contribution < -0.4 is 20.1 Å². The normalized spacial score (nSPS) is 14.7. The average molecular weight is 483 g/mol. The second kappa shape index (κ2) is 10.6. The number of amides is 2. The number of halogens is 1. The highest BCUT2D eigenvalue weighted by Gasteiger charge is 2.29. The standard InChI is InChI=1S/C25H23ClN2O4S/c1-31-21-11-17(7-9-20(21)32-15-16-5-3-2-4-6-16)14-27-24(29)13-23-25(30)28-19-12-18(26)8-10-22(19)33-23/h2-12,23H,13-15H2,1H3,(H,27,29)(H,28,30)/t23-/m0/s1. The third-order valence-electron chi connectivity index (χ3n) is 5.09. The van der Waals surface area contributed by atoms with Crippen molar-refractivity contribution in [3.8, 4) is 11.5 Å². The fraction of sp³-hybridized carbons (Fsp3) is 0.200. The number of carbonyl (C=O) groups is 2. The first kappa shape index (κ1) is 23.0. The van der Waals surface area contributed by atoms with Gasteiger partial charge in [-0.05, 0) is 41.5 Å². The second-order valence-electron chi connectivity index (χ2n) is 7.48. The van der Waals surface area contributed by atoms with Gasteiger partial charge in [0, 0.05) is 22.9 Å². The molecule has 1 aliphatic heterocycles. The molecule has 0 spiro atoms. The van der Waals surface area contributed by atoms with E-state index in [-0.39, 0.29) is 18.2 Å². The van der Waals surface area contributed by atoms with Gasteiger partial charge in [0.15, 0.2) is 11.5 Å². The van der Waals surface area contributed by atoms with Crippen LogP contribution in [0.3, 0.4) is 0 Å². The minimum atomic E-state index is -0.498. The van der Waals surface area contributed by atoms with Gasteiger partial charge in [-0.15, -0.1) is 11.8 Å². The van der Waals surface area contributed by atoms with E-state index in [1.54, 1.807) is 19.2 Å². The molecule has 0 bridgehead atoms. The summed E-state index contributed by atoms with van der Waals surface area (Å²) in [4.78, 5) is 25.8. The quantitative estimate of drug-likeness (QED) is 0.470. The van der Waals surface area contributed by atoms with Gasteiger partial charge in [-0.25, -0.2) is 0 Å². The molecule has 0 radical (unpaired) electrons. The van der Waals surface area contributed by atoms with Crippen molar-refractivity contribution in [2.75, 3.05) is 12.4 Å². The van der Waals surface area contributed by atoms with Gasteiger partial charge in [0.25, 0.3) is 0 Å². The maximum absolute atomic E-state index is 12.5. The van der Waals surface area contributed by atoms with Gasteiger partial charge in [-0.2, -0.15) is 0 Å². The first-order valence-corrected chi connectivity index (χ1v) is 11.6. The van der Waals surface area contributed by atoms with E-state index >= 15 is 0 Å². The van der Waals surface area contributed by atoms with Crippen LogP contribution in [0, 0.1) is 0 Å². The third-order valence-corrected chi connectivity index (χ3v) is 6.60. The van der Waals surface area contributed by atoms with Crippen LogP contribution in [0.5, 0.6) is 11.5 Å². The highest BCUT2D eigenvalue weighted by Crippen LogP contribution is 2.38. The second-order valence-corrected chi connectivity index (χ2v) is 9.16. The van der Waals surface area contributed by atoms with Gasteiger partial charge >= 0.3 is 0 Å². The zero-order valence-corrected chi connectivity index (χ0v) is 19.5. The first-order valence-electron chi connectivity index (χ1n) is 10.4. The summed E-state index contributed by atoms with van der Waals surface area (Å²) in [5, 5.41) is 5.75. The zero-order chi connectivity index (χ0) is 23.2. The van der Waals surface area contributed by atoms with Gasteiger partial charge < -0.3 is 20.1 Å². The van der Waals surface area contributed by atoms with Crippen LogP contribution in [0.1, 0.15) is 17.5 Å². The van der Waals surface area contributed by atoms with E-state index in [2.05, 4.69) is 10.6 Å². The molecule has 6 nitrogen and oxygen atoms in total. The summed E-state index contributed by atoms with van der Waals surface area (Å²) in [7, 11) is 1.58. The Kier molecular flexibility index (Phi) is 7.42. The number of anilines is 1. The molecule has 0 unspecified atom stereocenters. The minimum absolute atomic E-state index is 0.0774. The molecule has 0 aliphatic carbocycles. The van der Waals surface area contributed by atoms with E-state index in [0.717, 1.165) is 16.0 Å². The van der Waals surface area contributed by atoms with Gasteiger partial charge in [-0.1, -0.05) is 48.0 Å². The highest BCUT2D eigenvalue weighted by molar-refractivity contribution is 8.01. The summed E-state index contributed by atoms with van der Waals surface area (Å²) in [5.74, 6) is 0.815. The van der Waals surface area contributed by atoms with Gasteiger partial charge in [0.2, 0.25) is 11.8 Å². The molecule has 4 rings (SSSR count). The molecule has 1 aliphatic rings. The molecule has 0 saturated carbocycles. The SMILES string of the molecule is COc1cc(CNC(=O)C[C@@H]2Sc3ccc(Cl)cc3NC2=O)ccc1OCc1ccccc1. The highest BCUT2D eigenvalue weighted by atomic mass is 35.5. The average Bonchev–Trinajstić information content (AvgIpc) is 2.83. The monoisotopic (exact) mass is 482 g/mol. The minimum Gasteiger partial charge on any atom is -0.493 e. The van der Waals surface area contributed by atoms with E-state index in [0.29, 0.717) is 35.4 Å². The van der Waals surface area contributed by atoms with Crippen molar-refractivity contribution in [1.29, 1.82) is 0 Å². The lowest BCUT2D eigenvalue weighted by Crippen LogP contribution is -2.34. The van der Waals surface area contributed by atoms with Gasteiger partial charge in [0.05, 0.1) is 18.0 Å². The van der Waals surface area contributed by atoms with Gasteiger partial charge in [0.1, 0.15) is 6.61 Å². The summed E-state index contributed by atoms with van der Waals surface area (Å²) in [5.41, 5.74) is 2.61. The van der Waals surface area contributed by atoms with Crippen molar-refractivity contribution in [2.45, 2.75) is 29.7 Å². The summed E-state index contributed by atoms with van der Waals surface area (Å²) in [6.07, 6.45) is 0.0774. The number of benzene rings is 3. The van der Waals surface area contributed by atoms with Crippen LogP contribution in [0.4, 0.5) is 5.69 Å². The maximum Gasteiger partial charge on any atom is 0.238 e. The Morgan fingerprint density at radius 2 is 1.88 bits per heavy atom. The Labute approximate surface area is 201 Å². The smallest absolute Gasteiger partial charge is 0.238 e. The van der Waals surface area contributed by atoms with E-state index in [4.69, 9.17) is 21.1 Å². The van der Waals surface area contributed by atoms with Crippen LogP contribution in [-0.2, 0) is 22.7 Å². The Balaban J connectivity index is 1.31. The number of thioether (sulfide) groups is 1. The first-order chi connectivity index (χ1) is 16.0. The largest absolute Gasteiger partial charge is 0.493 e. The lowest BCUT2D eigenvalue weighted by Gasteiger charge is -2.23. The summed E-state index contributed by atoms with van der Waals surface area (Å²) < 4.78 is 11.3. The van der Waals surface area contributed by atoms with Crippen molar-refractivity contribution in [3.63, 3.8) is 0 Å². The number of carbonyl (C=O) groups excluding carboxylic acids is 2. The molecule has 2 N–H and O–H groups in total. The Hall–Kier alpha value is -3.16. The summed E-state index contributed by atoms with van der Waals surface area (Å²) in [6.45, 7) is 0.753. The number of fused-ring (bicyclic) bond motifs is 1. The maximum atomic E-state index is 12.5. The molecule has 1 atom stereocenters. The molecular weight excluding hydrogens is 460 g/mol. The number of rotatable bonds is 8. The van der Waals surface area contributed by atoms with E-state index in [9.17, 15) is 9.59 Å². The molecule has 170 valence electrons. The lowest BCUT2D eigenvalue weighted by atomic mass is 10.2. The van der Waals surface area contributed by atoms with Crippen molar-refractivity contribution < 1.29 is 19.1 Å². The van der Waals surface area contributed by atoms with Crippen molar-refractivity contribution >= 4 is 40.9 Å². The number of hydrogen-bond acceptors (Lipinski definition) is 5. The fourth-order valence-electron chi connectivity index (χ4n) is 3.37. The molecule has 3 aromatic rings. The number of nitrogens with one attached hydrogen (secondary N) is 2. The number of methoxy groups -OCH3 is 1. The van der Waals surface area contributed by atoms with Crippen LogP contribution in [0.2, 0.25) is 5.02 Å². The van der Waals surface area contributed by atoms with Crippen molar-refractivity contribution in [3.05, 3.63) is 82.9 Å². The van der Waals surface area contributed by atoms with Gasteiger partial charge in [-0.3, -0.25) is 9.59 Å².